The van der Waals surface area contributed by atoms with Gasteiger partial charge in [0.1, 0.15) is 0 Å². The van der Waals surface area contributed by atoms with Gasteiger partial charge in [-0.3, -0.25) is 4.79 Å². The molecule has 2 aliphatic carbocycles. The monoisotopic (exact) mass is 320 g/mol. The van der Waals surface area contributed by atoms with Crippen molar-refractivity contribution in [3.63, 3.8) is 0 Å². The van der Waals surface area contributed by atoms with E-state index in [-0.39, 0.29) is 5.41 Å². The molecular weight excluding hydrogens is 288 g/mol. The van der Waals surface area contributed by atoms with Crippen LogP contribution in [0.5, 0.6) is 0 Å². The third-order valence-electron chi connectivity index (χ3n) is 6.55. The van der Waals surface area contributed by atoms with E-state index in [1.807, 2.05) is 6.08 Å². The first kappa shape index (κ1) is 18.4. The van der Waals surface area contributed by atoms with Crippen LogP contribution in [-0.4, -0.2) is 24.8 Å². The standard InChI is InChI=1S/C20H32O3/c1-14-7-10-17-19(2,3)11-6-12-20(17,4)16(14)9-8-15(13-21)18(22)23-5/h8,13,16-18,22H,1,6-7,9-12H2,2-5H3. The van der Waals surface area contributed by atoms with E-state index in [1.165, 1.54) is 38.4 Å². The Labute approximate surface area is 140 Å². The normalized spacial score (nSPS) is 35.5. The van der Waals surface area contributed by atoms with Gasteiger partial charge in [0.15, 0.2) is 12.6 Å². The molecule has 0 aromatic rings. The number of methoxy groups -OCH3 is 1. The van der Waals surface area contributed by atoms with Gasteiger partial charge in [0, 0.05) is 12.7 Å². The van der Waals surface area contributed by atoms with E-state index in [2.05, 4.69) is 27.4 Å². The Bertz CT molecular complexity index is 491. The predicted octanol–water partition coefficient (Wildman–Crippen LogP) is 4.27. The molecule has 0 aromatic heterocycles. The first-order valence-corrected chi connectivity index (χ1v) is 8.80. The first-order chi connectivity index (χ1) is 10.8. The number of carbonyl (C=O) groups is 1. The van der Waals surface area contributed by atoms with Crippen molar-refractivity contribution in [1.82, 2.24) is 0 Å². The molecule has 0 aliphatic heterocycles. The number of hydrogen-bond acceptors (Lipinski definition) is 3. The molecule has 0 spiro atoms. The molecule has 0 saturated heterocycles. The molecule has 0 aromatic carbocycles. The average Bonchev–Trinajstić information content (AvgIpc) is 2.48. The van der Waals surface area contributed by atoms with Crippen molar-refractivity contribution in [2.24, 2.45) is 22.7 Å². The number of aliphatic hydroxyl groups excluding tert-OH is 1. The van der Waals surface area contributed by atoms with Crippen molar-refractivity contribution in [3.05, 3.63) is 23.8 Å². The number of rotatable bonds is 5. The topological polar surface area (TPSA) is 46.5 Å². The summed E-state index contributed by atoms with van der Waals surface area (Å²) in [6.07, 6.45) is 8.26. The summed E-state index contributed by atoms with van der Waals surface area (Å²) < 4.78 is 4.87. The van der Waals surface area contributed by atoms with Crippen LogP contribution >= 0.6 is 0 Å². The van der Waals surface area contributed by atoms with Crippen LogP contribution < -0.4 is 0 Å². The van der Waals surface area contributed by atoms with Crippen LogP contribution in [0.1, 0.15) is 59.3 Å². The number of aliphatic hydroxyl groups is 1. The zero-order valence-electron chi connectivity index (χ0n) is 15.1. The Morgan fingerprint density at radius 2 is 2.13 bits per heavy atom. The maximum absolute atomic E-state index is 11.2. The molecule has 2 fully saturated rings. The first-order valence-electron chi connectivity index (χ1n) is 8.80. The molecule has 0 radical (unpaired) electrons. The van der Waals surface area contributed by atoms with E-state index >= 15 is 0 Å². The Balaban J connectivity index is 2.26. The molecule has 0 amide bonds. The summed E-state index contributed by atoms with van der Waals surface area (Å²) in [7, 11) is 1.41. The molecule has 3 heteroatoms. The van der Waals surface area contributed by atoms with Crippen molar-refractivity contribution in [2.45, 2.75) is 65.6 Å². The second-order valence-electron chi connectivity index (χ2n) is 8.30. The van der Waals surface area contributed by atoms with Gasteiger partial charge in [-0.2, -0.15) is 0 Å². The van der Waals surface area contributed by atoms with E-state index < -0.39 is 6.29 Å². The lowest BCUT2D eigenvalue weighted by atomic mass is 9.47. The lowest BCUT2D eigenvalue weighted by molar-refractivity contribution is -0.110. The van der Waals surface area contributed by atoms with Crippen LogP contribution in [0.15, 0.2) is 23.8 Å². The quantitative estimate of drug-likeness (QED) is 0.356. The second-order valence-corrected chi connectivity index (χ2v) is 8.30. The molecule has 2 rings (SSSR count). The molecule has 2 saturated carbocycles. The summed E-state index contributed by atoms with van der Waals surface area (Å²) >= 11 is 0. The van der Waals surface area contributed by atoms with Crippen LogP contribution in [0.25, 0.3) is 0 Å². The molecule has 23 heavy (non-hydrogen) atoms. The van der Waals surface area contributed by atoms with E-state index in [0.717, 1.165) is 12.8 Å². The summed E-state index contributed by atoms with van der Waals surface area (Å²) in [6, 6.07) is 0. The van der Waals surface area contributed by atoms with Crippen molar-refractivity contribution < 1.29 is 14.6 Å². The fourth-order valence-electron chi connectivity index (χ4n) is 5.31. The SMILES string of the molecule is C=C1CCC2C(C)(C)CCCC2(C)C1CC=C(C=O)C(O)OC. The minimum atomic E-state index is -1.13. The van der Waals surface area contributed by atoms with Crippen molar-refractivity contribution >= 4 is 6.29 Å². The third kappa shape index (κ3) is 3.46. The molecule has 3 nitrogen and oxygen atoms in total. The minimum absolute atomic E-state index is 0.236. The summed E-state index contributed by atoms with van der Waals surface area (Å²) in [5.74, 6) is 1.07. The smallest absolute Gasteiger partial charge is 0.183 e. The average molecular weight is 320 g/mol. The van der Waals surface area contributed by atoms with E-state index in [1.54, 1.807) is 0 Å². The van der Waals surface area contributed by atoms with Crippen molar-refractivity contribution in [2.75, 3.05) is 7.11 Å². The fourth-order valence-corrected chi connectivity index (χ4v) is 5.31. The van der Waals surface area contributed by atoms with Crippen LogP contribution in [0.4, 0.5) is 0 Å². The highest BCUT2D eigenvalue weighted by Gasteiger charge is 2.52. The maximum atomic E-state index is 11.2. The Hall–Kier alpha value is -0.930. The van der Waals surface area contributed by atoms with Gasteiger partial charge in [-0.15, -0.1) is 0 Å². The Morgan fingerprint density at radius 1 is 1.43 bits per heavy atom. The molecule has 130 valence electrons. The van der Waals surface area contributed by atoms with Gasteiger partial charge >= 0.3 is 0 Å². The lowest BCUT2D eigenvalue weighted by Gasteiger charge is -2.58. The number of carbonyl (C=O) groups excluding carboxylic acids is 1. The molecule has 0 heterocycles. The van der Waals surface area contributed by atoms with Crippen molar-refractivity contribution in [3.8, 4) is 0 Å². The molecule has 4 unspecified atom stereocenters. The van der Waals surface area contributed by atoms with Gasteiger partial charge in [-0.1, -0.05) is 45.4 Å². The van der Waals surface area contributed by atoms with Gasteiger partial charge < -0.3 is 9.84 Å². The summed E-state index contributed by atoms with van der Waals surface area (Å²) in [5, 5.41) is 9.75. The second kappa shape index (κ2) is 6.90. The van der Waals surface area contributed by atoms with Gasteiger partial charge in [-0.25, -0.2) is 0 Å². The summed E-state index contributed by atoms with van der Waals surface area (Å²) in [4.78, 5) is 11.2. The van der Waals surface area contributed by atoms with Gasteiger partial charge in [0.05, 0.1) is 0 Å². The molecular formula is C20H32O3. The van der Waals surface area contributed by atoms with Gasteiger partial charge in [0.2, 0.25) is 0 Å². The Morgan fingerprint density at radius 3 is 2.74 bits per heavy atom. The van der Waals surface area contributed by atoms with Gasteiger partial charge in [-0.05, 0) is 54.8 Å². The summed E-state index contributed by atoms with van der Waals surface area (Å²) in [6.45, 7) is 11.6. The number of ether oxygens (including phenoxy) is 1. The van der Waals surface area contributed by atoms with Crippen LogP contribution in [0.3, 0.4) is 0 Å². The predicted molar refractivity (Wildman–Crippen MR) is 92.9 cm³/mol. The van der Waals surface area contributed by atoms with Crippen LogP contribution in [0, 0.1) is 22.7 Å². The zero-order chi connectivity index (χ0) is 17.3. The molecule has 2 aliphatic rings. The zero-order valence-corrected chi connectivity index (χ0v) is 15.1. The number of allylic oxidation sites excluding steroid dienone is 2. The summed E-state index contributed by atoms with van der Waals surface area (Å²) in [5.41, 5.74) is 2.23. The van der Waals surface area contributed by atoms with Crippen LogP contribution in [0.2, 0.25) is 0 Å². The lowest BCUT2D eigenvalue weighted by Crippen LogP contribution is -2.49. The number of fused-ring (bicyclic) bond motifs is 1. The number of hydrogen-bond donors (Lipinski definition) is 1. The fraction of sp³-hybridized carbons (Fsp3) is 0.750. The minimum Gasteiger partial charge on any atom is -0.364 e. The third-order valence-corrected chi connectivity index (χ3v) is 6.55. The van der Waals surface area contributed by atoms with E-state index in [4.69, 9.17) is 4.74 Å². The van der Waals surface area contributed by atoms with E-state index in [0.29, 0.717) is 29.1 Å². The largest absolute Gasteiger partial charge is 0.364 e. The Kier molecular flexibility index (Phi) is 5.52. The molecule has 0 bridgehead atoms. The number of aldehydes is 1. The molecule has 4 atom stereocenters. The maximum Gasteiger partial charge on any atom is 0.183 e. The van der Waals surface area contributed by atoms with Gasteiger partial charge in [0.25, 0.3) is 0 Å². The molecule has 1 N–H and O–H groups in total. The van der Waals surface area contributed by atoms with Crippen molar-refractivity contribution in [1.29, 1.82) is 0 Å². The highest BCUT2D eigenvalue weighted by atomic mass is 16.6. The van der Waals surface area contributed by atoms with E-state index in [9.17, 15) is 9.90 Å². The van der Waals surface area contributed by atoms with Crippen LogP contribution in [-0.2, 0) is 9.53 Å². The highest BCUT2D eigenvalue weighted by Crippen LogP contribution is 2.61. The highest BCUT2D eigenvalue weighted by molar-refractivity contribution is 5.74.